The number of aliphatic imine (C=N–C) groups is 1. The first-order valence-electron chi connectivity index (χ1n) is 9.84. The van der Waals surface area contributed by atoms with E-state index in [0.717, 1.165) is 69.8 Å². The third kappa shape index (κ3) is 8.49. The summed E-state index contributed by atoms with van der Waals surface area (Å²) in [4.78, 5) is 7.08. The second-order valence-electron chi connectivity index (χ2n) is 6.56. The van der Waals surface area contributed by atoms with Crippen molar-refractivity contribution >= 4 is 5.96 Å². The van der Waals surface area contributed by atoms with E-state index >= 15 is 0 Å². The Morgan fingerprint density at radius 2 is 2.04 bits per heavy atom. The van der Waals surface area contributed by atoms with E-state index in [-0.39, 0.29) is 6.10 Å². The van der Waals surface area contributed by atoms with Gasteiger partial charge in [-0.05, 0) is 38.9 Å². The van der Waals surface area contributed by atoms with Crippen LogP contribution in [0.2, 0.25) is 0 Å². The Morgan fingerprint density at radius 1 is 1.26 bits per heavy atom. The van der Waals surface area contributed by atoms with Crippen LogP contribution in [-0.4, -0.2) is 76.6 Å². The molecular weight excluding hydrogens is 344 g/mol. The maximum atomic E-state index is 5.93. The molecule has 1 atom stereocenters. The normalized spacial score (nSPS) is 16.6. The van der Waals surface area contributed by atoms with Crippen LogP contribution in [0.5, 0.6) is 11.5 Å². The average molecular weight is 379 g/mol. The van der Waals surface area contributed by atoms with Gasteiger partial charge in [-0.25, -0.2) is 4.99 Å². The summed E-state index contributed by atoms with van der Waals surface area (Å²) >= 11 is 0. The summed E-state index contributed by atoms with van der Waals surface area (Å²) in [5.41, 5.74) is 0. The molecule has 7 nitrogen and oxygen atoms in total. The molecule has 0 bridgehead atoms. The van der Waals surface area contributed by atoms with Crippen LogP contribution in [0.1, 0.15) is 20.3 Å². The highest BCUT2D eigenvalue weighted by Crippen LogP contribution is 2.19. The molecule has 1 aromatic carbocycles. The Balaban J connectivity index is 1.72. The highest BCUT2D eigenvalue weighted by Gasteiger charge is 2.09. The first-order valence-corrected chi connectivity index (χ1v) is 9.84. The van der Waals surface area contributed by atoms with Gasteiger partial charge in [0.25, 0.3) is 0 Å². The number of nitrogens with zero attached hydrogens (tertiary/aromatic N) is 2. The minimum Gasteiger partial charge on any atom is -0.497 e. The van der Waals surface area contributed by atoms with E-state index in [1.807, 2.05) is 31.2 Å². The SMILES string of the molecule is CCNC(=NCC(C)Oc1cccc(OC)c1)NCCCN1CCOCC1. The zero-order valence-corrected chi connectivity index (χ0v) is 16.9. The third-order valence-corrected chi connectivity index (χ3v) is 4.28. The molecule has 1 unspecified atom stereocenters. The van der Waals surface area contributed by atoms with Gasteiger partial charge in [0, 0.05) is 32.2 Å². The summed E-state index contributed by atoms with van der Waals surface area (Å²) in [5.74, 6) is 2.42. The Labute approximate surface area is 163 Å². The van der Waals surface area contributed by atoms with Crippen LogP contribution in [0.15, 0.2) is 29.3 Å². The molecule has 0 saturated carbocycles. The predicted molar refractivity (Wildman–Crippen MR) is 109 cm³/mol. The highest BCUT2D eigenvalue weighted by atomic mass is 16.5. The fourth-order valence-corrected chi connectivity index (χ4v) is 2.84. The summed E-state index contributed by atoms with van der Waals surface area (Å²) in [6.07, 6.45) is 1.06. The third-order valence-electron chi connectivity index (χ3n) is 4.28. The van der Waals surface area contributed by atoms with Crippen molar-refractivity contribution in [3.8, 4) is 11.5 Å². The topological polar surface area (TPSA) is 67.4 Å². The number of hydrogen-bond donors (Lipinski definition) is 2. The fourth-order valence-electron chi connectivity index (χ4n) is 2.84. The molecule has 1 aromatic rings. The van der Waals surface area contributed by atoms with Gasteiger partial charge in [0.2, 0.25) is 0 Å². The van der Waals surface area contributed by atoms with Crippen LogP contribution >= 0.6 is 0 Å². The molecule has 1 saturated heterocycles. The number of nitrogens with one attached hydrogen (secondary N) is 2. The van der Waals surface area contributed by atoms with Crippen LogP contribution in [-0.2, 0) is 4.74 Å². The van der Waals surface area contributed by atoms with Crippen molar-refractivity contribution in [1.29, 1.82) is 0 Å². The molecule has 0 amide bonds. The number of rotatable bonds is 10. The fraction of sp³-hybridized carbons (Fsp3) is 0.650. The van der Waals surface area contributed by atoms with Crippen molar-refractivity contribution < 1.29 is 14.2 Å². The van der Waals surface area contributed by atoms with Gasteiger partial charge < -0.3 is 24.8 Å². The highest BCUT2D eigenvalue weighted by molar-refractivity contribution is 5.79. The van der Waals surface area contributed by atoms with Crippen molar-refractivity contribution in [3.63, 3.8) is 0 Å². The van der Waals surface area contributed by atoms with Crippen LogP contribution in [0.4, 0.5) is 0 Å². The van der Waals surface area contributed by atoms with Crippen LogP contribution in [0.3, 0.4) is 0 Å². The number of ether oxygens (including phenoxy) is 3. The Bertz CT molecular complexity index is 562. The van der Waals surface area contributed by atoms with Gasteiger partial charge in [0.05, 0.1) is 26.9 Å². The summed E-state index contributed by atoms with van der Waals surface area (Å²) in [6.45, 7) is 11.3. The maximum Gasteiger partial charge on any atom is 0.191 e. The van der Waals surface area contributed by atoms with Gasteiger partial charge in [-0.15, -0.1) is 0 Å². The lowest BCUT2D eigenvalue weighted by molar-refractivity contribution is 0.0376. The zero-order valence-electron chi connectivity index (χ0n) is 16.9. The number of methoxy groups -OCH3 is 1. The molecule has 2 rings (SSSR count). The van der Waals surface area contributed by atoms with E-state index in [4.69, 9.17) is 14.2 Å². The molecule has 0 radical (unpaired) electrons. The van der Waals surface area contributed by atoms with E-state index < -0.39 is 0 Å². The maximum absolute atomic E-state index is 5.93. The monoisotopic (exact) mass is 378 g/mol. The van der Waals surface area contributed by atoms with E-state index in [0.29, 0.717) is 6.54 Å². The molecule has 0 aliphatic carbocycles. The molecule has 27 heavy (non-hydrogen) atoms. The first kappa shape index (κ1) is 21.3. The van der Waals surface area contributed by atoms with Gasteiger partial charge >= 0.3 is 0 Å². The number of hydrogen-bond acceptors (Lipinski definition) is 5. The molecule has 7 heteroatoms. The Morgan fingerprint density at radius 3 is 2.78 bits per heavy atom. The lowest BCUT2D eigenvalue weighted by Crippen LogP contribution is -2.41. The molecule has 1 fully saturated rings. The lowest BCUT2D eigenvalue weighted by Gasteiger charge is -2.26. The first-order chi connectivity index (χ1) is 13.2. The molecular formula is C20H34N4O3. The van der Waals surface area contributed by atoms with Crippen LogP contribution < -0.4 is 20.1 Å². The van der Waals surface area contributed by atoms with Crippen molar-refractivity contribution in [1.82, 2.24) is 15.5 Å². The summed E-state index contributed by atoms with van der Waals surface area (Å²) in [6, 6.07) is 7.64. The van der Waals surface area contributed by atoms with Crippen molar-refractivity contribution in [3.05, 3.63) is 24.3 Å². The van der Waals surface area contributed by atoms with E-state index in [2.05, 4.69) is 27.4 Å². The molecule has 0 aromatic heterocycles. The molecule has 1 heterocycles. The average Bonchev–Trinajstić information content (AvgIpc) is 2.70. The Hall–Kier alpha value is -1.99. The standard InChI is InChI=1S/C20H34N4O3/c1-4-21-20(22-9-6-10-24-11-13-26-14-12-24)23-16-17(2)27-19-8-5-7-18(15-19)25-3/h5,7-8,15,17H,4,6,9-14,16H2,1-3H3,(H2,21,22,23). The van der Waals surface area contributed by atoms with Gasteiger partial charge in [0.15, 0.2) is 5.96 Å². The largest absolute Gasteiger partial charge is 0.497 e. The van der Waals surface area contributed by atoms with Gasteiger partial charge in [-0.2, -0.15) is 0 Å². The number of morpholine rings is 1. The second-order valence-corrected chi connectivity index (χ2v) is 6.56. The van der Waals surface area contributed by atoms with Gasteiger partial charge in [-0.3, -0.25) is 4.90 Å². The number of guanidine groups is 1. The number of benzene rings is 1. The summed E-state index contributed by atoms with van der Waals surface area (Å²) in [7, 11) is 1.65. The minimum atomic E-state index is -0.0269. The van der Waals surface area contributed by atoms with Crippen LogP contribution in [0.25, 0.3) is 0 Å². The van der Waals surface area contributed by atoms with E-state index in [9.17, 15) is 0 Å². The van der Waals surface area contributed by atoms with Crippen LogP contribution in [0, 0.1) is 0 Å². The quantitative estimate of drug-likeness (QED) is 0.367. The zero-order chi connectivity index (χ0) is 19.3. The predicted octanol–water partition coefficient (Wildman–Crippen LogP) is 1.74. The van der Waals surface area contributed by atoms with Crippen molar-refractivity contribution in [2.75, 3.05) is 59.6 Å². The summed E-state index contributed by atoms with van der Waals surface area (Å²) in [5, 5.41) is 6.69. The molecule has 152 valence electrons. The van der Waals surface area contributed by atoms with Crippen molar-refractivity contribution in [2.24, 2.45) is 4.99 Å². The minimum absolute atomic E-state index is 0.0269. The van der Waals surface area contributed by atoms with Gasteiger partial charge in [-0.1, -0.05) is 6.07 Å². The second kappa shape index (κ2) is 12.4. The smallest absolute Gasteiger partial charge is 0.191 e. The molecule has 2 N–H and O–H groups in total. The molecule has 1 aliphatic heterocycles. The lowest BCUT2D eigenvalue weighted by atomic mass is 10.3. The summed E-state index contributed by atoms with van der Waals surface area (Å²) < 4.78 is 16.5. The Kier molecular flexibility index (Phi) is 9.79. The van der Waals surface area contributed by atoms with Gasteiger partial charge in [0.1, 0.15) is 17.6 Å². The van der Waals surface area contributed by atoms with E-state index in [1.54, 1.807) is 7.11 Å². The van der Waals surface area contributed by atoms with E-state index in [1.165, 1.54) is 0 Å². The van der Waals surface area contributed by atoms with Crippen molar-refractivity contribution in [2.45, 2.75) is 26.4 Å². The molecule has 0 spiro atoms. The molecule has 1 aliphatic rings.